The molecule has 0 bridgehead atoms. The van der Waals surface area contributed by atoms with E-state index in [1.54, 1.807) is 0 Å². The van der Waals surface area contributed by atoms with E-state index in [0.717, 1.165) is 17.7 Å². The van der Waals surface area contributed by atoms with Gasteiger partial charge in [0, 0.05) is 5.25 Å². The first-order valence-electron chi connectivity index (χ1n) is 5.51. The molecule has 1 fully saturated rings. The number of carboxylic acids is 1. The predicted octanol–water partition coefficient (Wildman–Crippen LogP) is 2.75. The third-order valence-corrected chi connectivity index (χ3v) is 5.01. The number of carboxylic acid groups (broad SMARTS) is 1. The van der Waals surface area contributed by atoms with Crippen LogP contribution in [0.1, 0.15) is 12.8 Å². The summed E-state index contributed by atoms with van der Waals surface area (Å²) >= 11 is 2.90. The SMILES string of the molecule is O=C(O)C1CCC1Sc1nnc(-c2cccs2)o1. The Morgan fingerprint density at radius 1 is 1.50 bits per heavy atom. The number of rotatable bonds is 4. The minimum absolute atomic E-state index is 0.0548. The van der Waals surface area contributed by atoms with Gasteiger partial charge in [0.05, 0.1) is 10.8 Å². The van der Waals surface area contributed by atoms with Crippen LogP contribution in [0.15, 0.2) is 27.2 Å². The normalized spacial score (nSPS) is 22.7. The third-order valence-electron chi connectivity index (χ3n) is 2.92. The van der Waals surface area contributed by atoms with Crippen LogP contribution in [-0.4, -0.2) is 26.5 Å². The van der Waals surface area contributed by atoms with E-state index in [9.17, 15) is 4.79 Å². The van der Waals surface area contributed by atoms with Crippen LogP contribution in [-0.2, 0) is 4.79 Å². The highest BCUT2D eigenvalue weighted by molar-refractivity contribution is 7.99. The molecule has 0 saturated heterocycles. The molecule has 2 heterocycles. The molecule has 94 valence electrons. The van der Waals surface area contributed by atoms with E-state index in [2.05, 4.69) is 10.2 Å². The van der Waals surface area contributed by atoms with Crippen molar-refractivity contribution in [3.05, 3.63) is 17.5 Å². The summed E-state index contributed by atoms with van der Waals surface area (Å²) in [6.45, 7) is 0. The lowest BCUT2D eigenvalue weighted by Crippen LogP contribution is -2.35. The Labute approximate surface area is 111 Å². The highest BCUT2D eigenvalue weighted by Crippen LogP contribution is 2.41. The average Bonchev–Trinajstić information content (AvgIpc) is 2.94. The van der Waals surface area contributed by atoms with E-state index >= 15 is 0 Å². The van der Waals surface area contributed by atoms with Gasteiger partial charge >= 0.3 is 5.97 Å². The van der Waals surface area contributed by atoms with Gasteiger partial charge in [-0.1, -0.05) is 17.8 Å². The summed E-state index contributed by atoms with van der Waals surface area (Å²) in [5, 5.41) is 19.3. The van der Waals surface area contributed by atoms with E-state index in [1.165, 1.54) is 23.1 Å². The summed E-state index contributed by atoms with van der Waals surface area (Å²) in [6.07, 6.45) is 1.62. The fraction of sp³-hybridized carbons (Fsp3) is 0.364. The summed E-state index contributed by atoms with van der Waals surface area (Å²) < 4.78 is 5.52. The van der Waals surface area contributed by atoms with Crippen molar-refractivity contribution in [1.82, 2.24) is 10.2 Å². The molecule has 18 heavy (non-hydrogen) atoms. The van der Waals surface area contributed by atoms with E-state index in [0.29, 0.717) is 11.1 Å². The number of carbonyl (C=O) groups is 1. The van der Waals surface area contributed by atoms with Gasteiger partial charge in [-0.2, -0.15) is 0 Å². The third kappa shape index (κ3) is 2.15. The van der Waals surface area contributed by atoms with Crippen LogP contribution in [0.5, 0.6) is 0 Å². The minimum atomic E-state index is -0.739. The van der Waals surface area contributed by atoms with E-state index in [4.69, 9.17) is 9.52 Å². The predicted molar refractivity (Wildman–Crippen MR) is 67.6 cm³/mol. The van der Waals surface area contributed by atoms with Crippen molar-refractivity contribution in [2.24, 2.45) is 5.92 Å². The largest absolute Gasteiger partial charge is 0.481 e. The van der Waals surface area contributed by atoms with Crippen molar-refractivity contribution in [2.45, 2.75) is 23.3 Å². The van der Waals surface area contributed by atoms with Gasteiger partial charge in [-0.05, 0) is 24.3 Å². The Hall–Kier alpha value is -1.34. The Morgan fingerprint density at radius 2 is 2.39 bits per heavy atom. The fourth-order valence-corrected chi connectivity index (χ4v) is 3.57. The van der Waals surface area contributed by atoms with Crippen LogP contribution in [0.3, 0.4) is 0 Å². The second kappa shape index (κ2) is 4.74. The second-order valence-corrected chi connectivity index (χ2v) is 6.17. The first-order valence-corrected chi connectivity index (χ1v) is 7.27. The van der Waals surface area contributed by atoms with Gasteiger partial charge in [0.15, 0.2) is 0 Å². The molecule has 0 amide bonds. The zero-order chi connectivity index (χ0) is 12.5. The number of hydrogen-bond donors (Lipinski definition) is 1. The standard InChI is InChI=1S/C11H10N2O3S2/c14-10(15)6-3-4-7(6)18-11-13-12-9(16-11)8-2-1-5-17-8/h1-2,5-7H,3-4H2,(H,14,15). The fourth-order valence-electron chi connectivity index (χ4n) is 1.78. The number of hydrogen-bond acceptors (Lipinski definition) is 6. The lowest BCUT2D eigenvalue weighted by atomic mass is 9.85. The number of nitrogens with zero attached hydrogens (tertiary/aromatic N) is 2. The van der Waals surface area contributed by atoms with Crippen LogP contribution in [0.25, 0.3) is 10.8 Å². The van der Waals surface area contributed by atoms with Crippen LogP contribution < -0.4 is 0 Å². The Kier molecular flexibility index (Phi) is 3.09. The monoisotopic (exact) mass is 282 g/mol. The van der Waals surface area contributed by atoms with E-state index in [-0.39, 0.29) is 11.2 Å². The molecule has 2 aromatic rings. The van der Waals surface area contributed by atoms with Crippen LogP contribution in [0.2, 0.25) is 0 Å². The van der Waals surface area contributed by atoms with Crippen molar-refractivity contribution in [3.8, 4) is 10.8 Å². The Morgan fingerprint density at radius 3 is 3.00 bits per heavy atom. The molecule has 1 N–H and O–H groups in total. The van der Waals surface area contributed by atoms with Crippen molar-refractivity contribution >= 4 is 29.1 Å². The maximum absolute atomic E-state index is 10.9. The van der Waals surface area contributed by atoms with Gasteiger partial charge in [-0.15, -0.1) is 21.5 Å². The summed E-state index contributed by atoms with van der Waals surface area (Å²) in [5.41, 5.74) is 0. The first kappa shape index (κ1) is 11.7. The lowest BCUT2D eigenvalue weighted by molar-refractivity contribution is -0.144. The maximum Gasteiger partial charge on any atom is 0.307 e. The molecule has 1 saturated carbocycles. The first-order chi connectivity index (χ1) is 8.74. The van der Waals surface area contributed by atoms with Gasteiger partial charge in [0.1, 0.15) is 0 Å². The zero-order valence-electron chi connectivity index (χ0n) is 9.28. The van der Waals surface area contributed by atoms with Crippen molar-refractivity contribution in [2.75, 3.05) is 0 Å². The van der Waals surface area contributed by atoms with Gasteiger partial charge in [-0.25, -0.2) is 0 Å². The summed E-state index contributed by atoms with van der Waals surface area (Å²) in [6, 6.07) is 3.83. The van der Waals surface area contributed by atoms with Crippen molar-refractivity contribution in [3.63, 3.8) is 0 Å². The van der Waals surface area contributed by atoms with Crippen LogP contribution in [0, 0.1) is 5.92 Å². The van der Waals surface area contributed by atoms with Gasteiger partial charge in [-0.3, -0.25) is 4.79 Å². The topological polar surface area (TPSA) is 76.2 Å². The maximum atomic E-state index is 10.9. The van der Waals surface area contributed by atoms with E-state index < -0.39 is 5.97 Å². The minimum Gasteiger partial charge on any atom is -0.481 e. The van der Waals surface area contributed by atoms with Crippen molar-refractivity contribution < 1.29 is 14.3 Å². The summed E-state index contributed by atoms with van der Waals surface area (Å²) in [5.74, 6) is -0.525. The molecular weight excluding hydrogens is 272 g/mol. The molecular formula is C11H10N2O3S2. The molecule has 0 spiro atoms. The average molecular weight is 282 g/mol. The van der Waals surface area contributed by atoms with Gasteiger partial charge < -0.3 is 9.52 Å². The molecule has 7 heteroatoms. The Bertz CT molecular complexity index is 552. The zero-order valence-corrected chi connectivity index (χ0v) is 10.9. The molecule has 0 aromatic carbocycles. The van der Waals surface area contributed by atoms with Crippen molar-refractivity contribution in [1.29, 1.82) is 0 Å². The highest BCUT2D eigenvalue weighted by Gasteiger charge is 2.38. The molecule has 0 aliphatic heterocycles. The number of thioether (sulfide) groups is 1. The highest BCUT2D eigenvalue weighted by atomic mass is 32.2. The molecule has 0 radical (unpaired) electrons. The number of aromatic nitrogens is 2. The Balaban J connectivity index is 1.69. The lowest BCUT2D eigenvalue weighted by Gasteiger charge is -2.31. The summed E-state index contributed by atoms with van der Waals surface area (Å²) in [4.78, 5) is 11.8. The summed E-state index contributed by atoms with van der Waals surface area (Å²) in [7, 11) is 0. The molecule has 2 aromatic heterocycles. The van der Waals surface area contributed by atoms with E-state index in [1.807, 2.05) is 17.5 Å². The molecule has 1 aliphatic carbocycles. The van der Waals surface area contributed by atoms with Crippen LogP contribution in [0.4, 0.5) is 0 Å². The molecule has 3 rings (SSSR count). The molecule has 1 aliphatic rings. The molecule has 5 nitrogen and oxygen atoms in total. The van der Waals surface area contributed by atoms with Gasteiger partial charge in [0.2, 0.25) is 0 Å². The number of thiophene rings is 1. The quantitative estimate of drug-likeness (QED) is 0.929. The van der Waals surface area contributed by atoms with Crippen LogP contribution >= 0.6 is 23.1 Å². The smallest absolute Gasteiger partial charge is 0.307 e. The van der Waals surface area contributed by atoms with Gasteiger partial charge in [0.25, 0.3) is 11.1 Å². The molecule has 2 atom stereocenters. The molecule has 2 unspecified atom stereocenters. The number of aliphatic carboxylic acids is 1. The second-order valence-electron chi connectivity index (χ2n) is 4.03.